The zero-order valence-corrected chi connectivity index (χ0v) is 14.3. The molecular weight excluding hydrogens is 326 g/mol. The first-order valence-electron chi connectivity index (χ1n) is 8.88. The van der Waals surface area contributed by atoms with E-state index in [2.05, 4.69) is 55.5 Å². The SMILES string of the molecule is c1cncc(-c2nnc(C3CCN(Cc4c[nH]c5ccccc45)C3)o2)c1. The van der Waals surface area contributed by atoms with Crippen molar-refractivity contribution >= 4 is 10.9 Å². The quantitative estimate of drug-likeness (QED) is 0.612. The van der Waals surface area contributed by atoms with Crippen LogP contribution in [0, 0.1) is 0 Å². The Morgan fingerprint density at radius 2 is 2.12 bits per heavy atom. The van der Waals surface area contributed by atoms with Gasteiger partial charge < -0.3 is 9.40 Å². The fraction of sp³-hybridized carbons (Fsp3) is 0.250. The number of fused-ring (bicyclic) bond motifs is 1. The Bertz CT molecular complexity index is 1020. The Hall–Kier alpha value is -2.99. The number of benzene rings is 1. The normalized spacial score (nSPS) is 17.9. The molecule has 0 amide bonds. The third-order valence-electron chi connectivity index (χ3n) is 5.04. The number of hydrogen-bond donors (Lipinski definition) is 1. The molecule has 3 aromatic heterocycles. The van der Waals surface area contributed by atoms with E-state index in [9.17, 15) is 0 Å². The summed E-state index contributed by atoms with van der Waals surface area (Å²) >= 11 is 0. The molecule has 4 heterocycles. The molecule has 26 heavy (non-hydrogen) atoms. The van der Waals surface area contributed by atoms with Crippen molar-refractivity contribution in [2.75, 3.05) is 13.1 Å². The van der Waals surface area contributed by atoms with E-state index in [-0.39, 0.29) is 5.92 Å². The van der Waals surface area contributed by atoms with Crippen molar-refractivity contribution in [3.63, 3.8) is 0 Å². The van der Waals surface area contributed by atoms with Crippen molar-refractivity contribution < 1.29 is 4.42 Å². The van der Waals surface area contributed by atoms with Gasteiger partial charge >= 0.3 is 0 Å². The van der Waals surface area contributed by atoms with Gasteiger partial charge in [0.15, 0.2) is 0 Å². The van der Waals surface area contributed by atoms with Crippen LogP contribution in [0.5, 0.6) is 0 Å². The molecule has 5 rings (SSSR count). The Kier molecular flexibility index (Phi) is 3.75. The highest BCUT2D eigenvalue weighted by molar-refractivity contribution is 5.82. The zero-order valence-electron chi connectivity index (χ0n) is 14.3. The molecule has 0 aliphatic carbocycles. The lowest BCUT2D eigenvalue weighted by Gasteiger charge is -2.14. The van der Waals surface area contributed by atoms with Crippen molar-refractivity contribution in [3.8, 4) is 11.5 Å². The predicted molar refractivity (Wildman–Crippen MR) is 98.5 cm³/mol. The molecule has 4 aromatic rings. The molecule has 1 aliphatic rings. The average Bonchev–Trinajstić information content (AvgIpc) is 3.43. The lowest BCUT2D eigenvalue weighted by Crippen LogP contribution is -2.19. The Balaban J connectivity index is 1.30. The number of H-pyrrole nitrogens is 1. The van der Waals surface area contributed by atoms with Gasteiger partial charge in [-0.25, -0.2) is 0 Å². The van der Waals surface area contributed by atoms with Crippen molar-refractivity contribution in [1.82, 2.24) is 25.1 Å². The molecule has 0 spiro atoms. The highest BCUT2D eigenvalue weighted by Crippen LogP contribution is 2.30. The van der Waals surface area contributed by atoms with Crippen LogP contribution in [-0.4, -0.2) is 38.2 Å². The number of aromatic amines is 1. The number of nitrogens with zero attached hydrogens (tertiary/aromatic N) is 4. The van der Waals surface area contributed by atoms with Gasteiger partial charge in [-0.15, -0.1) is 10.2 Å². The maximum Gasteiger partial charge on any atom is 0.249 e. The topological polar surface area (TPSA) is 70.8 Å². The van der Waals surface area contributed by atoms with Gasteiger partial charge in [-0.05, 0) is 36.7 Å². The number of likely N-dealkylation sites (tertiary alicyclic amines) is 1. The lowest BCUT2D eigenvalue weighted by molar-refractivity contribution is 0.321. The minimum Gasteiger partial charge on any atom is -0.420 e. The highest BCUT2D eigenvalue weighted by Gasteiger charge is 2.28. The fourth-order valence-corrected chi connectivity index (χ4v) is 3.69. The summed E-state index contributed by atoms with van der Waals surface area (Å²) in [4.78, 5) is 9.91. The summed E-state index contributed by atoms with van der Waals surface area (Å²) in [5.74, 6) is 1.56. The standard InChI is InChI=1S/C20H19N5O/c1-2-6-18-17(5-1)16(11-22-18)13-25-9-7-15(12-25)20-24-23-19(26-20)14-4-3-8-21-10-14/h1-6,8,10-11,15,22H,7,9,12-13H2. The number of rotatable bonds is 4. The molecule has 1 saturated heterocycles. The first kappa shape index (κ1) is 15.3. The van der Waals surface area contributed by atoms with Gasteiger partial charge in [-0.1, -0.05) is 18.2 Å². The van der Waals surface area contributed by atoms with E-state index in [0.29, 0.717) is 5.89 Å². The number of nitrogens with one attached hydrogen (secondary N) is 1. The molecular formula is C20H19N5O. The van der Waals surface area contributed by atoms with Crippen LogP contribution in [0.15, 0.2) is 59.4 Å². The van der Waals surface area contributed by atoms with Gasteiger partial charge in [-0.3, -0.25) is 9.88 Å². The molecule has 0 bridgehead atoms. The van der Waals surface area contributed by atoms with Crippen LogP contribution in [0.2, 0.25) is 0 Å². The van der Waals surface area contributed by atoms with E-state index < -0.39 is 0 Å². The summed E-state index contributed by atoms with van der Waals surface area (Å²) in [5.41, 5.74) is 3.39. The van der Waals surface area contributed by atoms with E-state index in [1.165, 1.54) is 16.5 Å². The van der Waals surface area contributed by atoms with Gasteiger partial charge in [-0.2, -0.15) is 0 Å². The van der Waals surface area contributed by atoms with Crippen LogP contribution in [-0.2, 0) is 6.54 Å². The second kappa shape index (κ2) is 6.38. The van der Waals surface area contributed by atoms with Crippen LogP contribution in [0.25, 0.3) is 22.4 Å². The molecule has 1 aliphatic heterocycles. The molecule has 6 nitrogen and oxygen atoms in total. The van der Waals surface area contributed by atoms with Crippen LogP contribution in [0.4, 0.5) is 0 Å². The van der Waals surface area contributed by atoms with Crippen LogP contribution < -0.4 is 0 Å². The summed E-state index contributed by atoms with van der Waals surface area (Å²) in [7, 11) is 0. The van der Waals surface area contributed by atoms with E-state index in [4.69, 9.17) is 4.42 Å². The third-order valence-corrected chi connectivity index (χ3v) is 5.04. The van der Waals surface area contributed by atoms with Gasteiger partial charge in [0.2, 0.25) is 11.8 Å². The van der Waals surface area contributed by atoms with Gasteiger partial charge in [0.05, 0.1) is 11.5 Å². The minimum absolute atomic E-state index is 0.290. The summed E-state index contributed by atoms with van der Waals surface area (Å²) in [6.07, 6.45) is 6.64. The molecule has 1 aromatic carbocycles. The molecule has 0 saturated carbocycles. The van der Waals surface area contributed by atoms with Crippen molar-refractivity contribution in [3.05, 3.63) is 66.4 Å². The molecule has 1 unspecified atom stereocenters. The predicted octanol–water partition coefficient (Wildman–Crippen LogP) is 3.60. The summed E-state index contributed by atoms with van der Waals surface area (Å²) < 4.78 is 5.91. The number of aromatic nitrogens is 4. The number of para-hydroxylation sites is 1. The monoisotopic (exact) mass is 345 g/mol. The van der Waals surface area contributed by atoms with Crippen molar-refractivity contribution in [1.29, 1.82) is 0 Å². The first-order chi connectivity index (χ1) is 12.9. The Morgan fingerprint density at radius 3 is 3.04 bits per heavy atom. The summed E-state index contributed by atoms with van der Waals surface area (Å²) in [6.45, 7) is 2.91. The maximum atomic E-state index is 5.91. The van der Waals surface area contributed by atoms with E-state index in [1.807, 2.05) is 12.1 Å². The lowest BCUT2D eigenvalue weighted by atomic mass is 10.1. The molecule has 130 valence electrons. The van der Waals surface area contributed by atoms with E-state index >= 15 is 0 Å². The number of pyridine rings is 1. The molecule has 0 radical (unpaired) electrons. The minimum atomic E-state index is 0.290. The van der Waals surface area contributed by atoms with Crippen molar-refractivity contribution in [2.45, 2.75) is 18.9 Å². The molecule has 6 heteroatoms. The summed E-state index contributed by atoms with van der Waals surface area (Å²) in [5, 5.41) is 9.77. The van der Waals surface area contributed by atoms with Crippen LogP contribution in [0.1, 0.15) is 23.8 Å². The number of hydrogen-bond acceptors (Lipinski definition) is 5. The van der Waals surface area contributed by atoms with Gasteiger partial charge in [0.1, 0.15) is 0 Å². The smallest absolute Gasteiger partial charge is 0.249 e. The van der Waals surface area contributed by atoms with E-state index in [1.54, 1.807) is 12.4 Å². The van der Waals surface area contributed by atoms with Gasteiger partial charge in [0.25, 0.3) is 0 Å². The second-order valence-corrected chi connectivity index (χ2v) is 6.77. The van der Waals surface area contributed by atoms with Crippen LogP contribution >= 0.6 is 0 Å². The Labute approximate surface area is 150 Å². The molecule has 1 fully saturated rings. The third kappa shape index (κ3) is 2.78. The van der Waals surface area contributed by atoms with Crippen molar-refractivity contribution in [2.24, 2.45) is 0 Å². The summed E-state index contributed by atoms with van der Waals surface area (Å²) in [6, 6.07) is 12.2. The molecule has 1 atom stereocenters. The van der Waals surface area contributed by atoms with Gasteiger partial charge in [0, 0.05) is 42.6 Å². The molecule has 1 N–H and O–H groups in total. The zero-order chi connectivity index (χ0) is 17.3. The first-order valence-corrected chi connectivity index (χ1v) is 8.88. The van der Waals surface area contributed by atoms with E-state index in [0.717, 1.165) is 37.5 Å². The largest absolute Gasteiger partial charge is 0.420 e. The average molecular weight is 345 g/mol. The fourth-order valence-electron chi connectivity index (χ4n) is 3.69. The van der Waals surface area contributed by atoms with Crippen LogP contribution in [0.3, 0.4) is 0 Å². The maximum absolute atomic E-state index is 5.91. The Morgan fingerprint density at radius 1 is 1.15 bits per heavy atom. The second-order valence-electron chi connectivity index (χ2n) is 6.77. The highest BCUT2D eigenvalue weighted by atomic mass is 16.4.